The standard InChI is InChI=1S/C12H15FO2S/c1-7-5-10(14)12-8(6-16-7)11(15-2)4-3-9(12)13/h3-4,7,10,14H,5-6H2,1-2H3/t7?,10-/m1/s1. The molecule has 0 bridgehead atoms. The molecule has 1 aliphatic heterocycles. The topological polar surface area (TPSA) is 29.5 Å². The first-order chi connectivity index (χ1) is 7.63. The number of rotatable bonds is 1. The van der Waals surface area contributed by atoms with Gasteiger partial charge in [0.05, 0.1) is 13.2 Å². The van der Waals surface area contributed by atoms with E-state index in [0.717, 1.165) is 5.56 Å². The van der Waals surface area contributed by atoms with Crippen LogP contribution in [0.3, 0.4) is 0 Å². The Kier molecular flexibility index (Phi) is 3.40. The third kappa shape index (κ3) is 2.04. The average molecular weight is 242 g/mol. The van der Waals surface area contributed by atoms with Crippen LogP contribution in [0.2, 0.25) is 0 Å². The minimum absolute atomic E-state index is 0.325. The summed E-state index contributed by atoms with van der Waals surface area (Å²) in [7, 11) is 1.57. The number of hydrogen-bond donors (Lipinski definition) is 1. The SMILES string of the molecule is COc1ccc(F)c2c1CSC(C)C[C@H]2O. The number of halogens is 1. The summed E-state index contributed by atoms with van der Waals surface area (Å²) in [5, 5.41) is 10.3. The zero-order valence-electron chi connectivity index (χ0n) is 9.37. The fraction of sp³-hybridized carbons (Fsp3) is 0.500. The maximum absolute atomic E-state index is 13.7. The van der Waals surface area contributed by atoms with E-state index in [4.69, 9.17) is 4.74 Å². The van der Waals surface area contributed by atoms with Gasteiger partial charge in [-0.15, -0.1) is 0 Å². The van der Waals surface area contributed by atoms with E-state index in [1.165, 1.54) is 6.07 Å². The summed E-state index contributed by atoms with van der Waals surface area (Å²) in [4.78, 5) is 0. The second-order valence-electron chi connectivity index (χ2n) is 4.01. The molecular weight excluding hydrogens is 227 g/mol. The molecule has 4 heteroatoms. The fourth-order valence-electron chi connectivity index (χ4n) is 2.04. The Balaban J connectivity index is 2.52. The van der Waals surface area contributed by atoms with Crippen molar-refractivity contribution in [3.05, 3.63) is 29.1 Å². The molecule has 0 aromatic heterocycles. The van der Waals surface area contributed by atoms with Gasteiger partial charge in [-0.1, -0.05) is 6.92 Å². The number of aliphatic hydroxyl groups is 1. The number of hydrogen-bond acceptors (Lipinski definition) is 3. The highest BCUT2D eigenvalue weighted by molar-refractivity contribution is 7.99. The van der Waals surface area contributed by atoms with Crippen molar-refractivity contribution < 1.29 is 14.2 Å². The van der Waals surface area contributed by atoms with E-state index in [9.17, 15) is 9.50 Å². The van der Waals surface area contributed by atoms with Crippen LogP contribution in [-0.4, -0.2) is 17.5 Å². The summed E-state index contributed by atoms with van der Waals surface area (Å²) in [6.45, 7) is 2.05. The van der Waals surface area contributed by atoms with E-state index in [1.807, 2.05) is 6.92 Å². The van der Waals surface area contributed by atoms with E-state index in [0.29, 0.717) is 28.7 Å². The van der Waals surface area contributed by atoms with Gasteiger partial charge in [0.1, 0.15) is 11.6 Å². The predicted molar refractivity (Wildman–Crippen MR) is 63.3 cm³/mol. The van der Waals surface area contributed by atoms with Crippen LogP contribution in [0.4, 0.5) is 4.39 Å². The highest BCUT2D eigenvalue weighted by atomic mass is 32.2. The Bertz CT molecular complexity index is 395. The van der Waals surface area contributed by atoms with Gasteiger partial charge in [-0.2, -0.15) is 11.8 Å². The number of ether oxygens (including phenoxy) is 1. The quantitative estimate of drug-likeness (QED) is 0.821. The molecule has 1 aromatic rings. The molecule has 1 aromatic carbocycles. The molecule has 1 unspecified atom stereocenters. The molecule has 88 valence electrons. The zero-order valence-corrected chi connectivity index (χ0v) is 10.2. The monoisotopic (exact) mass is 242 g/mol. The van der Waals surface area contributed by atoms with Crippen molar-refractivity contribution in [3.63, 3.8) is 0 Å². The molecule has 16 heavy (non-hydrogen) atoms. The summed E-state index contributed by atoms with van der Waals surface area (Å²) in [5.74, 6) is 1.02. The summed E-state index contributed by atoms with van der Waals surface area (Å²) < 4.78 is 18.9. The predicted octanol–water partition coefficient (Wildman–Crippen LogP) is 2.89. The molecule has 2 nitrogen and oxygen atoms in total. The molecule has 2 rings (SSSR count). The first-order valence-electron chi connectivity index (χ1n) is 5.28. The molecule has 1 heterocycles. The fourth-order valence-corrected chi connectivity index (χ4v) is 3.11. The van der Waals surface area contributed by atoms with Crippen LogP contribution in [-0.2, 0) is 5.75 Å². The van der Waals surface area contributed by atoms with Crippen molar-refractivity contribution in [2.45, 2.75) is 30.5 Å². The smallest absolute Gasteiger partial charge is 0.129 e. The lowest BCUT2D eigenvalue weighted by molar-refractivity contribution is 0.163. The number of thioether (sulfide) groups is 1. The molecular formula is C12H15FO2S. The van der Waals surface area contributed by atoms with Crippen molar-refractivity contribution in [1.29, 1.82) is 0 Å². The van der Waals surface area contributed by atoms with Crippen LogP contribution in [0.1, 0.15) is 30.6 Å². The van der Waals surface area contributed by atoms with E-state index in [1.54, 1.807) is 24.9 Å². The second-order valence-corrected chi connectivity index (χ2v) is 5.44. The molecule has 0 spiro atoms. The van der Waals surface area contributed by atoms with Crippen LogP contribution < -0.4 is 4.74 Å². The van der Waals surface area contributed by atoms with Gasteiger partial charge in [-0.3, -0.25) is 0 Å². The number of aliphatic hydroxyl groups excluding tert-OH is 1. The van der Waals surface area contributed by atoms with Crippen LogP contribution in [0.15, 0.2) is 12.1 Å². The molecule has 0 amide bonds. The van der Waals surface area contributed by atoms with E-state index in [2.05, 4.69) is 0 Å². The van der Waals surface area contributed by atoms with Gasteiger partial charge in [0, 0.05) is 22.1 Å². The van der Waals surface area contributed by atoms with E-state index >= 15 is 0 Å². The van der Waals surface area contributed by atoms with Crippen molar-refractivity contribution in [3.8, 4) is 5.75 Å². The number of methoxy groups -OCH3 is 1. The van der Waals surface area contributed by atoms with Gasteiger partial charge in [0.15, 0.2) is 0 Å². The Hall–Kier alpha value is -0.740. The van der Waals surface area contributed by atoms with Crippen molar-refractivity contribution >= 4 is 11.8 Å². The van der Waals surface area contributed by atoms with Crippen LogP contribution in [0.25, 0.3) is 0 Å². The second kappa shape index (κ2) is 4.63. The largest absolute Gasteiger partial charge is 0.496 e. The van der Waals surface area contributed by atoms with Crippen LogP contribution >= 0.6 is 11.8 Å². The summed E-state index contributed by atoms with van der Waals surface area (Å²) in [5.41, 5.74) is 1.21. The number of fused-ring (bicyclic) bond motifs is 1. The molecule has 0 fully saturated rings. The lowest BCUT2D eigenvalue weighted by Gasteiger charge is -2.15. The van der Waals surface area contributed by atoms with Gasteiger partial charge in [-0.05, 0) is 18.6 Å². The Morgan fingerprint density at radius 3 is 2.94 bits per heavy atom. The van der Waals surface area contributed by atoms with E-state index in [-0.39, 0.29) is 5.82 Å². The highest BCUT2D eigenvalue weighted by Crippen LogP contribution is 2.40. The maximum atomic E-state index is 13.7. The van der Waals surface area contributed by atoms with Crippen molar-refractivity contribution in [1.82, 2.24) is 0 Å². The molecule has 1 N–H and O–H groups in total. The first-order valence-corrected chi connectivity index (χ1v) is 6.33. The van der Waals surface area contributed by atoms with Gasteiger partial charge in [-0.25, -0.2) is 4.39 Å². The molecule has 0 radical (unpaired) electrons. The van der Waals surface area contributed by atoms with Gasteiger partial charge < -0.3 is 9.84 Å². The van der Waals surface area contributed by atoms with Crippen molar-refractivity contribution in [2.24, 2.45) is 0 Å². The summed E-state index contributed by atoms with van der Waals surface area (Å²) in [6, 6.07) is 2.99. The maximum Gasteiger partial charge on any atom is 0.129 e. The minimum Gasteiger partial charge on any atom is -0.496 e. The third-order valence-corrected chi connectivity index (χ3v) is 4.10. The first kappa shape index (κ1) is 11.7. The lowest BCUT2D eigenvalue weighted by Crippen LogP contribution is -2.06. The third-order valence-electron chi connectivity index (χ3n) is 2.88. The van der Waals surface area contributed by atoms with Gasteiger partial charge >= 0.3 is 0 Å². The number of benzene rings is 1. The summed E-state index contributed by atoms with van der Waals surface area (Å²) in [6.07, 6.45) is -0.142. The van der Waals surface area contributed by atoms with Crippen LogP contribution in [0.5, 0.6) is 5.75 Å². The Morgan fingerprint density at radius 2 is 2.25 bits per heavy atom. The normalized spacial score (nSPS) is 24.8. The van der Waals surface area contributed by atoms with Gasteiger partial charge in [0.2, 0.25) is 0 Å². The molecule has 0 saturated heterocycles. The molecule has 0 saturated carbocycles. The lowest BCUT2D eigenvalue weighted by atomic mass is 9.99. The van der Waals surface area contributed by atoms with Crippen molar-refractivity contribution in [2.75, 3.05) is 7.11 Å². The van der Waals surface area contributed by atoms with Crippen LogP contribution in [0, 0.1) is 5.82 Å². The van der Waals surface area contributed by atoms with E-state index < -0.39 is 6.10 Å². The Labute approximate surface area is 98.8 Å². The molecule has 0 aliphatic carbocycles. The minimum atomic E-state index is -0.727. The van der Waals surface area contributed by atoms with Gasteiger partial charge in [0.25, 0.3) is 0 Å². The average Bonchev–Trinajstić information content (AvgIpc) is 2.39. The molecule has 2 atom stereocenters. The zero-order chi connectivity index (χ0) is 11.7. The Morgan fingerprint density at radius 1 is 1.50 bits per heavy atom. The summed E-state index contributed by atoms with van der Waals surface area (Å²) >= 11 is 1.72. The molecule has 1 aliphatic rings. The highest BCUT2D eigenvalue weighted by Gasteiger charge is 2.26.